The van der Waals surface area contributed by atoms with Crippen molar-refractivity contribution in [3.8, 4) is 0 Å². The first-order valence-electron chi connectivity index (χ1n) is 19.1. The number of nitro benzene ring substituents is 4. The van der Waals surface area contributed by atoms with Gasteiger partial charge in [-0.2, -0.15) is 0 Å². The summed E-state index contributed by atoms with van der Waals surface area (Å²) in [5.41, 5.74) is -0.0796. The highest BCUT2D eigenvalue weighted by Crippen LogP contribution is 2.40. The lowest BCUT2D eigenvalue weighted by atomic mass is 9.76. The first-order valence-corrected chi connectivity index (χ1v) is 19.1. The van der Waals surface area contributed by atoms with Crippen LogP contribution in [0.25, 0.3) is 0 Å². The van der Waals surface area contributed by atoms with Gasteiger partial charge in [0.25, 0.3) is 22.7 Å². The minimum Gasteiger partial charge on any atom is -0.458 e. The third-order valence-electron chi connectivity index (χ3n) is 11.1. The molecule has 0 N–H and O–H groups in total. The molecule has 2 saturated carbocycles. The number of non-ortho nitro benzene ring substituents is 4. The molecule has 304 valence electrons. The molecular formula is C42H44N4O12. The Morgan fingerprint density at radius 2 is 0.793 bits per heavy atom. The Labute approximate surface area is 333 Å². The lowest BCUT2D eigenvalue weighted by Gasteiger charge is -2.35. The van der Waals surface area contributed by atoms with E-state index in [9.17, 15) is 50.0 Å². The van der Waals surface area contributed by atoms with Gasteiger partial charge in [-0.05, 0) is 61.5 Å². The summed E-state index contributed by atoms with van der Waals surface area (Å²) in [6.45, 7) is 4.20. The van der Waals surface area contributed by atoms with E-state index in [0.717, 1.165) is 86.1 Å². The van der Waals surface area contributed by atoms with E-state index >= 15 is 0 Å². The quantitative estimate of drug-likeness (QED) is 0.0741. The zero-order valence-corrected chi connectivity index (χ0v) is 32.0. The van der Waals surface area contributed by atoms with Gasteiger partial charge >= 0.3 is 11.9 Å². The summed E-state index contributed by atoms with van der Waals surface area (Å²) in [5, 5.41) is 44.3. The van der Waals surface area contributed by atoms with Crippen molar-refractivity contribution in [2.75, 3.05) is 0 Å². The number of ether oxygens (including phenoxy) is 2. The normalized spacial score (nSPS) is 19.9. The predicted octanol–water partition coefficient (Wildman–Crippen LogP) is 10.0. The SMILES string of the molecule is C[C@H](c1ccccc1)[C@@H]1CCCC[C@H]1OC(=O)c1cc([N+](=O)[O-])cc([N+](=O)[O-])c1.C[C@H](c1ccccc1)[C@@H]1CCCC[C@H]1OC(=O)c1cc([N+](=O)[O-])cc([N+](=O)[O-])c1. The number of nitrogens with zero attached hydrogens (tertiary/aromatic N) is 4. The molecule has 0 aromatic heterocycles. The number of rotatable bonds is 12. The highest BCUT2D eigenvalue weighted by Gasteiger charge is 2.35. The van der Waals surface area contributed by atoms with Gasteiger partial charge in [0.05, 0.1) is 43.0 Å². The van der Waals surface area contributed by atoms with Crippen LogP contribution in [0.2, 0.25) is 0 Å². The summed E-state index contributed by atoms with van der Waals surface area (Å²) in [7, 11) is 0. The summed E-state index contributed by atoms with van der Waals surface area (Å²) in [6.07, 6.45) is 6.45. The van der Waals surface area contributed by atoms with Crippen LogP contribution in [0, 0.1) is 52.3 Å². The molecule has 2 aliphatic carbocycles. The lowest BCUT2D eigenvalue weighted by Crippen LogP contribution is -2.33. The van der Waals surface area contributed by atoms with Gasteiger partial charge in [-0.1, -0.05) is 87.4 Å². The van der Waals surface area contributed by atoms with E-state index in [1.165, 1.54) is 0 Å². The molecule has 0 heterocycles. The van der Waals surface area contributed by atoms with Crippen molar-refractivity contribution < 1.29 is 38.8 Å². The summed E-state index contributed by atoms with van der Waals surface area (Å²) in [6, 6.07) is 25.7. The van der Waals surface area contributed by atoms with Crippen molar-refractivity contribution in [1.29, 1.82) is 0 Å². The van der Waals surface area contributed by atoms with Crippen molar-refractivity contribution in [3.05, 3.63) is 160 Å². The van der Waals surface area contributed by atoms with Gasteiger partial charge in [-0.25, -0.2) is 9.59 Å². The van der Waals surface area contributed by atoms with Crippen LogP contribution in [0.3, 0.4) is 0 Å². The number of esters is 2. The molecule has 6 atom stereocenters. The molecule has 0 bridgehead atoms. The van der Waals surface area contributed by atoms with Crippen LogP contribution in [0.4, 0.5) is 22.7 Å². The van der Waals surface area contributed by atoms with E-state index < -0.39 is 54.4 Å². The van der Waals surface area contributed by atoms with Crippen molar-refractivity contribution in [2.45, 2.75) is 89.3 Å². The van der Waals surface area contributed by atoms with Crippen LogP contribution in [0.15, 0.2) is 97.1 Å². The minimum atomic E-state index is -0.769. The molecule has 2 fully saturated rings. The molecule has 0 unspecified atom stereocenters. The van der Waals surface area contributed by atoms with Gasteiger partial charge in [0, 0.05) is 36.1 Å². The fourth-order valence-electron chi connectivity index (χ4n) is 7.95. The predicted molar refractivity (Wildman–Crippen MR) is 212 cm³/mol. The average molecular weight is 797 g/mol. The Hall–Kier alpha value is -6.58. The van der Waals surface area contributed by atoms with Crippen molar-refractivity contribution >= 4 is 34.7 Å². The second-order valence-electron chi connectivity index (χ2n) is 14.7. The number of carbonyl (C=O) groups is 2. The van der Waals surface area contributed by atoms with Crippen LogP contribution >= 0.6 is 0 Å². The van der Waals surface area contributed by atoms with Crippen LogP contribution in [0.1, 0.15) is 109 Å². The van der Waals surface area contributed by atoms with Crippen molar-refractivity contribution in [2.24, 2.45) is 11.8 Å². The Bertz CT molecular complexity index is 1920. The van der Waals surface area contributed by atoms with Gasteiger partial charge in [-0.15, -0.1) is 0 Å². The molecule has 4 aromatic rings. The van der Waals surface area contributed by atoms with E-state index in [-0.39, 0.29) is 47.0 Å². The second kappa shape index (κ2) is 19.5. The maximum Gasteiger partial charge on any atom is 0.338 e. The average Bonchev–Trinajstić information content (AvgIpc) is 3.24. The fraction of sp³-hybridized carbons (Fsp3) is 0.381. The Morgan fingerprint density at radius 1 is 0.500 bits per heavy atom. The van der Waals surface area contributed by atoms with Gasteiger partial charge < -0.3 is 9.47 Å². The first-order chi connectivity index (χ1) is 27.7. The topological polar surface area (TPSA) is 225 Å². The highest BCUT2D eigenvalue weighted by molar-refractivity contribution is 5.92. The molecule has 6 rings (SSSR count). The van der Waals surface area contributed by atoms with Crippen molar-refractivity contribution in [3.63, 3.8) is 0 Å². The molecule has 0 spiro atoms. The third kappa shape index (κ3) is 10.8. The summed E-state index contributed by atoms with van der Waals surface area (Å²) >= 11 is 0. The van der Waals surface area contributed by atoms with Gasteiger partial charge in [0.15, 0.2) is 0 Å². The molecule has 0 aliphatic heterocycles. The second-order valence-corrected chi connectivity index (χ2v) is 14.7. The number of nitro groups is 4. The standard InChI is InChI=1S/2C21H22N2O6/c2*1-14(15-7-3-2-4-8-15)19-9-5-6-10-20(19)29-21(24)16-11-17(22(25)26)13-18(12-16)23(27)28/h2*2-4,7-8,11-14,19-20H,5-6,9-10H2,1H3/t2*14-,19+,20-/m11/s1. The minimum absolute atomic E-state index is 0.115. The Morgan fingerprint density at radius 3 is 1.09 bits per heavy atom. The smallest absolute Gasteiger partial charge is 0.338 e. The van der Waals surface area contributed by atoms with E-state index in [1.54, 1.807) is 0 Å². The van der Waals surface area contributed by atoms with Gasteiger partial charge in [-0.3, -0.25) is 40.5 Å². The Kier molecular flexibility index (Phi) is 14.3. The van der Waals surface area contributed by atoms with Crippen LogP contribution in [0.5, 0.6) is 0 Å². The molecule has 2 aliphatic rings. The van der Waals surface area contributed by atoms with Crippen molar-refractivity contribution in [1.82, 2.24) is 0 Å². The molecular weight excluding hydrogens is 752 g/mol. The number of carbonyl (C=O) groups excluding carboxylic acids is 2. The van der Waals surface area contributed by atoms with Gasteiger partial charge in [0.1, 0.15) is 12.2 Å². The fourth-order valence-corrected chi connectivity index (χ4v) is 7.95. The lowest BCUT2D eigenvalue weighted by molar-refractivity contribution is -0.394. The van der Waals surface area contributed by atoms with E-state index in [1.807, 2.05) is 60.7 Å². The first kappa shape index (κ1) is 42.6. The Balaban J connectivity index is 0.000000221. The number of hydrogen-bond acceptors (Lipinski definition) is 12. The molecule has 4 aromatic carbocycles. The van der Waals surface area contributed by atoms with Gasteiger partial charge in [0.2, 0.25) is 0 Å². The zero-order valence-electron chi connectivity index (χ0n) is 32.0. The summed E-state index contributed by atoms with van der Waals surface area (Å²) in [5.74, 6) is -0.960. The molecule has 0 saturated heterocycles. The highest BCUT2D eigenvalue weighted by atomic mass is 16.6. The largest absolute Gasteiger partial charge is 0.458 e. The zero-order chi connectivity index (χ0) is 41.9. The molecule has 58 heavy (non-hydrogen) atoms. The maximum absolute atomic E-state index is 12.7. The molecule has 16 heteroatoms. The van der Waals surface area contributed by atoms with E-state index in [4.69, 9.17) is 9.47 Å². The molecule has 0 amide bonds. The van der Waals surface area contributed by atoms with E-state index in [2.05, 4.69) is 13.8 Å². The molecule has 16 nitrogen and oxygen atoms in total. The third-order valence-corrected chi connectivity index (χ3v) is 11.1. The van der Waals surface area contributed by atoms with Crippen LogP contribution in [-0.4, -0.2) is 43.8 Å². The van der Waals surface area contributed by atoms with E-state index in [0.29, 0.717) is 12.8 Å². The number of hydrogen-bond donors (Lipinski definition) is 0. The molecule has 0 radical (unpaired) electrons. The number of benzene rings is 4. The monoisotopic (exact) mass is 796 g/mol. The summed E-state index contributed by atoms with van der Waals surface area (Å²) in [4.78, 5) is 66.6. The van der Waals surface area contributed by atoms with Crippen LogP contribution < -0.4 is 0 Å². The van der Waals surface area contributed by atoms with Crippen LogP contribution in [-0.2, 0) is 9.47 Å². The maximum atomic E-state index is 12.7. The summed E-state index contributed by atoms with van der Waals surface area (Å²) < 4.78 is 11.4.